The van der Waals surface area contributed by atoms with Crippen molar-refractivity contribution in [2.24, 2.45) is 0 Å². The van der Waals surface area contributed by atoms with Crippen molar-refractivity contribution in [3.63, 3.8) is 0 Å². The van der Waals surface area contributed by atoms with E-state index in [0.29, 0.717) is 11.6 Å². The van der Waals surface area contributed by atoms with Gasteiger partial charge in [0, 0.05) is 23.6 Å². The Morgan fingerprint density at radius 1 is 1.32 bits per heavy atom. The summed E-state index contributed by atoms with van der Waals surface area (Å²) >= 11 is 6.19. The first-order valence-electron chi connectivity index (χ1n) is 6.71. The van der Waals surface area contributed by atoms with Gasteiger partial charge in [-0.2, -0.15) is 0 Å². The number of anilines is 1. The van der Waals surface area contributed by atoms with Gasteiger partial charge in [-0.05, 0) is 19.8 Å². The lowest BCUT2D eigenvalue weighted by molar-refractivity contribution is 0.278. The molecule has 0 spiro atoms. The van der Waals surface area contributed by atoms with Gasteiger partial charge < -0.3 is 10.4 Å². The van der Waals surface area contributed by atoms with Crippen LogP contribution >= 0.6 is 11.6 Å². The van der Waals surface area contributed by atoms with Crippen molar-refractivity contribution in [1.82, 2.24) is 9.97 Å². The minimum absolute atomic E-state index is 0.146. The molecule has 0 aliphatic carbocycles. The number of aromatic nitrogens is 2. The molecule has 0 saturated heterocycles. The highest BCUT2D eigenvalue weighted by atomic mass is 35.5. The summed E-state index contributed by atoms with van der Waals surface area (Å²) in [4.78, 5) is 8.93. The van der Waals surface area contributed by atoms with E-state index in [2.05, 4.69) is 43.0 Å². The zero-order chi connectivity index (χ0) is 14.6. The van der Waals surface area contributed by atoms with E-state index >= 15 is 0 Å². The minimum atomic E-state index is -0.146. The second kappa shape index (κ2) is 6.53. The number of halogens is 1. The van der Waals surface area contributed by atoms with Crippen LogP contribution in [-0.2, 0) is 5.41 Å². The van der Waals surface area contributed by atoms with Crippen molar-refractivity contribution in [1.29, 1.82) is 0 Å². The molecule has 1 rings (SSSR count). The molecule has 4 nitrogen and oxygen atoms in total. The van der Waals surface area contributed by atoms with Gasteiger partial charge in [0.15, 0.2) is 0 Å². The molecule has 1 unspecified atom stereocenters. The quantitative estimate of drug-likeness (QED) is 0.815. The fraction of sp³-hybridized carbons (Fsp3) is 0.714. The number of nitrogens with one attached hydrogen (secondary N) is 1. The Hall–Kier alpha value is -0.870. The number of aliphatic hydroxyl groups excluding tert-OH is 1. The first-order chi connectivity index (χ1) is 8.79. The summed E-state index contributed by atoms with van der Waals surface area (Å²) < 4.78 is 0. The predicted octanol–water partition coefficient (Wildman–Crippen LogP) is 3.31. The van der Waals surface area contributed by atoms with Gasteiger partial charge in [-0.1, -0.05) is 39.3 Å². The van der Waals surface area contributed by atoms with Crippen molar-refractivity contribution in [3.05, 3.63) is 16.5 Å². The van der Waals surface area contributed by atoms with Crippen molar-refractivity contribution in [3.8, 4) is 0 Å². The Morgan fingerprint density at radius 2 is 1.95 bits per heavy atom. The van der Waals surface area contributed by atoms with Crippen LogP contribution in [0.4, 0.5) is 5.82 Å². The molecule has 1 heterocycles. The fourth-order valence-corrected chi connectivity index (χ4v) is 1.86. The molecular weight excluding hydrogens is 262 g/mol. The molecule has 1 aromatic heterocycles. The van der Waals surface area contributed by atoms with Crippen LogP contribution in [0, 0.1) is 6.92 Å². The Morgan fingerprint density at radius 3 is 2.42 bits per heavy atom. The van der Waals surface area contributed by atoms with Crippen LogP contribution in [0.5, 0.6) is 0 Å². The molecule has 0 fully saturated rings. The number of hydrogen-bond donors (Lipinski definition) is 2. The van der Waals surface area contributed by atoms with Gasteiger partial charge in [0.25, 0.3) is 0 Å². The molecule has 0 radical (unpaired) electrons. The van der Waals surface area contributed by atoms with Crippen LogP contribution in [-0.4, -0.2) is 27.7 Å². The van der Waals surface area contributed by atoms with Crippen LogP contribution in [0.25, 0.3) is 0 Å². The Labute approximate surface area is 120 Å². The third-order valence-corrected chi connectivity index (χ3v) is 3.44. The smallest absolute Gasteiger partial charge is 0.137 e. The molecule has 1 aromatic rings. The Kier molecular flexibility index (Phi) is 5.56. The lowest BCUT2D eigenvalue weighted by atomic mass is 9.95. The fourth-order valence-electron chi connectivity index (χ4n) is 1.69. The Balaban J connectivity index is 3.09. The van der Waals surface area contributed by atoms with Crippen LogP contribution in [0.1, 0.15) is 51.9 Å². The topological polar surface area (TPSA) is 58.0 Å². The van der Waals surface area contributed by atoms with Crippen molar-refractivity contribution in [2.75, 3.05) is 11.9 Å². The van der Waals surface area contributed by atoms with E-state index in [9.17, 15) is 0 Å². The molecule has 0 bridgehead atoms. The van der Waals surface area contributed by atoms with Gasteiger partial charge in [-0.15, -0.1) is 0 Å². The Bertz CT molecular complexity index is 429. The van der Waals surface area contributed by atoms with E-state index in [1.807, 2.05) is 6.92 Å². The first-order valence-corrected chi connectivity index (χ1v) is 7.09. The van der Waals surface area contributed by atoms with Gasteiger partial charge in [-0.3, -0.25) is 0 Å². The SMILES string of the molecule is CCC(CCO)Nc1nc(C(C)(C)C)nc(Cl)c1C. The third kappa shape index (κ3) is 4.32. The lowest BCUT2D eigenvalue weighted by Crippen LogP contribution is -2.24. The predicted molar refractivity (Wildman–Crippen MR) is 79.9 cm³/mol. The summed E-state index contributed by atoms with van der Waals surface area (Å²) in [7, 11) is 0. The van der Waals surface area contributed by atoms with E-state index < -0.39 is 0 Å². The van der Waals surface area contributed by atoms with Crippen molar-refractivity contribution >= 4 is 17.4 Å². The lowest BCUT2D eigenvalue weighted by Gasteiger charge is -2.22. The van der Waals surface area contributed by atoms with Crippen LogP contribution in [0.3, 0.4) is 0 Å². The molecule has 2 N–H and O–H groups in total. The molecular formula is C14H24ClN3O. The first kappa shape index (κ1) is 16.2. The van der Waals surface area contributed by atoms with Gasteiger partial charge in [0.2, 0.25) is 0 Å². The summed E-state index contributed by atoms with van der Waals surface area (Å²) in [6, 6.07) is 0.197. The molecule has 0 aliphatic heterocycles. The van der Waals surface area contributed by atoms with Crippen molar-refractivity contribution < 1.29 is 5.11 Å². The minimum Gasteiger partial charge on any atom is -0.396 e. The van der Waals surface area contributed by atoms with Crippen molar-refractivity contribution in [2.45, 2.75) is 58.9 Å². The van der Waals surface area contributed by atoms with Gasteiger partial charge >= 0.3 is 0 Å². The molecule has 19 heavy (non-hydrogen) atoms. The summed E-state index contributed by atoms with van der Waals surface area (Å²) in [6.07, 6.45) is 1.62. The van der Waals surface area contributed by atoms with Gasteiger partial charge in [0.1, 0.15) is 16.8 Å². The highest BCUT2D eigenvalue weighted by Gasteiger charge is 2.21. The maximum atomic E-state index is 9.05. The number of hydrogen-bond acceptors (Lipinski definition) is 4. The third-order valence-electron chi connectivity index (χ3n) is 3.07. The zero-order valence-electron chi connectivity index (χ0n) is 12.4. The highest BCUT2D eigenvalue weighted by Crippen LogP contribution is 2.26. The second-order valence-corrected chi connectivity index (χ2v) is 6.18. The summed E-state index contributed by atoms with van der Waals surface area (Å²) in [6.45, 7) is 10.3. The standard InChI is InChI=1S/C14H24ClN3O/c1-6-10(7-8-19)16-12-9(2)11(15)17-13(18-12)14(3,4)5/h10,19H,6-8H2,1-5H3,(H,16,17,18). The molecule has 0 saturated carbocycles. The maximum Gasteiger partial charge on any atom is 0.137 e. The molecule has 5 heteroatoms. The number of nitrogens with zero attached hydrogens (tertiary/aromatic N) is 2. The molecule has 108 valence electrons. The largest absolute Gasteiger partial charge is 0.396 e. The van der Waals surface area contributed by atoms with Crippen LogP contribution < -0.4 is 5.32 Å². The number of aliphatic hydroxyl groups is 1. The average Bonchev–Trinajstić information content (AvgIpc) is 2.32. The summed E-state index contributed by atoms with van der Waals surface area (Å²) in [5.74, 6) is 1.50. The van der Waals surface area contributed by atoms with E-state index in [1.165, 1.54) is 0 Å². The second-order valence-electron chi connectivity index (χ2n) is 5.82. The van der Waals surface area contributed by atoms with E-state index in [4.69, 9.17) is 16.7 Å². The number of rotatable bonds is 5. The molecule has 0 amide bonds. The normalized spacial score (nSPS) is 13.4. The maximum absolute atomic E-state index is 9.05. The van der Waals surface area contributed by atoms with Crippen LogP contribution in [0.15, 0.2) is 0 Å². The van der Waals surface area contributed by atoms with E-state index in [1.54, 1.807) is 0 Å². The van der Waals surface area contributed by atoms with Gasteiger partial charge in [0.05, 0.1) is 0 Å². The van der Waals surface area contributed by atoms with Gasteiger partial charge in [-0.25, -0.2) is 9.97 Å². The van der Waals surface area contributed by atoms with Crippen LogP contribution in [0.2, 0.25) is 5.15 Å². The molecule has 0 aromatic carbocycles. The summed E-state index contributed by atoms with van der Waals surface area (Å²) in [5, 5.41) is 12.9. The monoisotopic (exact) mass is 285 g/mol. The van der Waals surface area contributed by atoms with E-state index in [-0.39, 0.29) is 18.1 Å². The summed E-state index contributed by atoms with van der Waals surface area (Å²) in [5.41, 5.74) is 0.706. The van der Waals surface area contributed by atoms with E-state index in [0.717, 1.165) is 23.6 Å². The molecule has 1 atom stereocenters. The molecule has 0 aliphatic rings. The highest BCUT2D eigenvalue weighted by molar-refractivity contribution is 6.30. The average molecular weight is 286 g/mol. The zero-order valence-corrected chi connectivity index (χ0v) is 13.2.